The predicted octanol–water partition coefficient (Wildman–Crippen LogP) is 4.39. The summed E-state index contributed by atoms with van der Waals surface area (Å²) in [4.78, 5) is 23.9. The SMILES string of the molecule is CCCCCCCCOC(=O)C(CCSC)NC(=O)OCC(C)C. The van der Waals surface area contributed by atoms with E-state index in [0.29, 0.717) is 19.6 Å². The summed E-state index contributed by atoms with van der Waals surface area (Å²) < 4.78 is 10.4. The first kappa shape index (κ1) is 23.1. The zero-order chi connectivity index (χ0) is 18.2. The van der Waals surface area contributed by atoms with Gasteiger partial charge in [-0.25, -0.2) is 9.59 Å². The number of amides is 1. The number of hydrogen-bond donors (Lipinski definition) is 1. The number of hydrogen-bond acceptors (Lipinski definition) is 5. The maximum Gasteiger partial charge on any atom is 0.407 e. The third-order valence-electron chi connectivity index (χ3n) is 3.48. The minimum Gasteiger partial charge on any atom is -0.464 e. The molecule has 0 bridgehead atoms. The highest BCUT2D eigenvalue weighted by Crippen LogP contribution is 2.07. The molecule has 0 fully saturated rings. The van der Waals surface area contributed by atoms with E-state index >= 15 is 0 Å². The molecule has 0 rings (SSSR count). The lowest BCUT2D eigenvalue weighted by molar-refractivity contribution is -0.146. The van der Waals surface area contributed by atoms with Crippen molar-refractivity contribution in [3.05, 3.63) is 0 Å². The van der Waals surface area contributed by atoms with E-state index in [9.17, 15) is 9.59 Å². The highest BCUT2D eigenvalue weighted by Gasteiger charge is 2.22. The van der Waals surface area contributed by atoms with E-state index in [1.807, 2.05) is 20.1 Å². The van der Waals surface area contributed by atoms with Crippen molar-refractivity contribution < 1.29 is 19.1 Å². The monoisotopic (exact) mass is 361 g/mol. The first-order chi connectivity index (χ1) is 11.5. The largest absolute Gasteiger partial charge is 0.464 e. The van der Waals surface area contributed by atoms with Crippen LogP contribution < -0.4 is 5.32 Å². The molecule has 5 nitrogen and oxygen atoms in total. The number of rotatable bonds is 14. The van der Waals surface area contributed by atoms with Crippen LogP contribution in [-0.2, 0) is 14.3 Å². The number of esters is 1. The number of nitrogens with one attached hydrogen (secondary N) is 1. The second-order valence-electron chi connectivity index (χ2n) is 6.41. The van der Waals surface area contributed by atoms with Gasteiger partial charge in [-0.05, 0) is 30.8 Å². The smallest absolute Gasteiger partial charge is 0.407 e. The fourth-order valence-electron chi connectivity index (χ4n) is 2.07. The molecule has 0 radical (unpaired) electrons. The van der Waals surface area contributed by atoms with Crippen LogP contribution in [-0.4, -0.2) is 43.3 Å². The lowest BCUT2D eigenvalue weighted by Crippen LogP contribution is -2.43. The lowest BCUT2D eigenvalue weighted by Gasteiger charge is -2.17. The van der Waals surface area contributed by atoms with E-state index < -0.39 is 12.1 Å². The van der Waals surface area contributed by atoms with Crippen LogP contribution in [0.4, 0.5) is 4.79 Å². The van der Waals surface area contributed by atoms with Crippen LogP contribution in [0.3, 0.4) is 0 Å². The molecule has 142 valence electrons. The van der Waals surface area contributed by atoms with Crippen molar-refractivity contribution in [2.24, 2.45) is 5.92 Å². The number of alkyl carbamates (subject to hydrolysis) is 1. The van der Waals surface area contributed by atoms with Crippen molar-refractivity contribution in [3.8, 4) is 0 Å². The molecule has 0 aromatic rings. The topological polar surface area (TPSA) is 64.6 Å². The summed E-state index contributed by atoms with van der Waals surface area (Å²) in [6.45, 7) is 6.88. The van der Waals surface area contributed by atoms with Crippen LogP contribution in [0.15, 0.2) is 0 Å². The van der Waals surface area contributed by atoms with Gasteiger partial charge in [0.05, 0.1) is 13.2 Å². The number of unbranched alkanes of at least 4 members (excludes halogenated alkanes) is 5. The van der Waals surface area contributed by atoms with Gasteiger partial charge in [-0.2, -0.15) is 11.8 Å². The summed E-state index contributed by atoms with van der Waals surface area (Å²) in [6.07, 6.45) is 8.83. The highest BCUT2D eigenvalue weighted by molar-refractivity contribution is 7.98. The molecule has 1 unspecified atom stereocenters. The molecule has 0 aliphatic heterocycles. The fourth-order valence-corrected chi connectivity index (χ4v) is 2.54. The summed E-state index contributed by atoms with van der Waals surface area (Å²) in [5, 5.41) is 2.63. The summed E-state index contributed by atoms with van der Waals surface area (Å²) >= 11 is 1.63. The average molecular weight is 362 g/mol. The summed E-state index contributed by atoms with van der Waals surface area (Å²) in [5.41, 5.74) is 0. The van der Waals surface area contributed by atoms with Crippen molar-refractivity contribution in [3.63, 3.8) is 0 Å². The Morgan fingerprint density at radius 3 is 2.33 bits per heavy atom. The van der Waals surface area contributed by atoms with E-state index in [2.05, 4.69) is 12.2 Å². The molecule has 0 aromatic carbocycles. The lowest BCUT2D eigenvalue weighted by atomic mass is 10.1. The van der Waals surface area contributed by atoms with E-state index in [4.69, 9.17) is 9.47 Å². The van der Waals surface area contributed by atoms with Gasteiger partial charge in [-0.1, -0.05) is 52.9 Å². The van der Waals surface area contributed by atoms with E-state index in [0.717, 1.165) is 18.6 Å². The van der Waals surface area contributed by atoms with E-state index in [1.165, 1.54) is 25.7 Å². The van der Waals surface area contributed by atoms with Crippen molar-refractivity contribution >= 4 is 23.8 Å². The molecular formula is C18H35NO4S. The maximum absolute atomic E-state index is 12.2. The van der Waals surface area contributed by atoms with Crippen LogP contribution in [0.1, 0.15) is 65.7 Å². The molecule has 1 atom stereocenters. The fraction of sp³-hybridized carbons (Fsp3) is 0.889. The van der Waals surface area contributed by atoms with E-state index in [1.54, 1.807) is 11.8 Å². The second kappa shape index (κ2) is 15.6. The van der Waals surface area contributed by atoms with Gasteiger partial charge in [0.15, 0.2) is 0 Å². The van der Waals surface area contributed by atoms with Crippen LogP contribution in [0, 0.1) is 5.92 Å². The Labute approximate surface area is 151 Å². The molecule has 0 spiro atoms. The zero-order valence-electron chi connectivity index (χ0n) is 15.8. The predicted molar refractivity (Wildman–Crippen MR) is 100 cm³/mol. The minimum absolute atomic E-state index is 0.264. The van der Waals surface area contributed by atoms with Crippen molar-refractivity contribution in [1.29, 1.82) is 0 Å². The van der Waals surface area contributed by atoms with Gasteiger partial charge in [0.2, 0.25) is 0 Å². The Morgan fingerprint density at radius 1 is 1.04 bits per heavy atom. The third-order valence-corrected chi connectivity index (χ3v) is 4.12. The van der Waals surface area contributed by atoms with Crippen molar-refractivity contribution in [2.75, 3.05) is 25.2 Å². The maximum atomic E-state index is 12.2. The molecule has 0 heterocycles. The normalized spacial score (nSPS) is 12.0. The van der Waals surface area contributed by atoms with Gasteiger partial charge in [-0.15, -0.1) is 0 Å². The molecular weight excluding hydrogens is 326 g/mol. The Balaban J connectivity index is 4.08. The molecule has 0 saturated heterocycles. The zero-order valence-corrected chi connectivity index (χ0v) is 16.6. The molecule has 0 aliphatic rings. The van der Waals surface area contributed by atoms with Gasteiger partial charge in [-0.3, -0.25) is 0 Å². The first-order valence-electron chi connectivity index (χ1n) is 9.10. The quantitative estimate of drug-likeness (QED) is 0.367. The Hall–Kier alpha value is -0.910. The molecule has 0 saturated carbocycles. The molecule has 0 aromatic heterocycles. The first-order valence-corrected chi connectivity index (χ1v) is 10.5. The van der Waals surface area contributed by atoms with E-state index in [-0.39, 0.29) is 11.9 Å². The summed E-state index contributed by atoms with van der Waals surface area (Å²) in [6, 6.07) is -0.628. The number of ether oxygens (including phenoxy) is 2. The summed E-state index contributed by atoms with van der Waals surface area (Å²) in [5.74, 6) is 0.681. The van der Waals surface area contributed by atoms with Gasteiger partial charge < -0.3 is 14.8 Å². The molecule has 24 heavy (non-hydrogen) atoms. The van der Waals surface area contributed by atoms with Crippen molar-refractivity contribution in [2.45, 2.75) is 71.8 Å². The van der Waals surface area contributed by atoms with Gasteiger partial charge in [0.1, 0.15) is 6.04 Å². The van der Waals surface area contributed by atoms with Crippen LogP contribution in [0.5, 0.6) is 0 Å². The second-order valence-corrected chi connectivity index (χ2v) is 7.39. The molecule has 6 heteroatoms. The third kappa shape index (κ3) is 13.5. The Bertz CT molecular complexity index is 337. The number of thioether (sulfide) groups is 1. The highest BCUT2D eigenvalue weighted by atomic mass is 32.2. The van der Waals surface area contributed by atoms with Crippen LogP contribution >= 0.6 is 11.8 Å². The van der Waals surface area contributed by atoms with Gasteiger partial charge >= 0.3 is 12.1 Å². The molecule has 1 amide bonds. The van der Waals surface area contributed by atoms with Gasteiger partial charge in [0.25, 0.3) is 0 Å². The Kier molecular flexibility index (Phi) is 15.0. The minimum atomic E-state index is -0.628. The molecule has 1 N–H and O–H groups in total. The van der Waals surface area contributed by atoms with Crippen LogP contribution in [0.25, 0.3) is 0 Å². The number of carbonyl (C=O) groups excluding carboxylic acids is 2. The number of carbonyl (C=O) groups is 2. The Morgan fingerprint density at radius 2 is 1.71 bits per heavy atom. The standard InChI is InChI=1S/C18H35NO4S/c1-5-6-7-8-9-10-12-22-17(20)16(11-13-24-4)19-18(21)23-14-15(2)3/h15-16H,5-14H2,1-4H3,(H,19,21). The van der Waals surface area contributed by atoms with Crippen LogP contribution in [0.2, 0.25) is 0 Å². The van der Waals surface area contributed by atoms with Crippen molar-refractivity contribution in [1.82, 2.24) is 5.32 Å². The average Bonchev–Trinajstić information content (AvgIpc) is 2.55. The molecule has 0 aliphatic carbocycles. The summed E-state index contributed by atoms with van der Waals surface area (Å²) in [7, 11) is 0. The van der Waals surface area contributed by atoms with Gasteiger partial charge in [0, 0.05) is 0 Å².